The predicted octanol–water partition coefficient (Wildman–Crippen LogP) is 0.360. The third kappa shape index (κ3) is 2.49. The molecule has 0 saturated heterocycles. The highest BCUT2D eigenvalue weighted by atomic mass is 35.5. The molecule has 0 rings (SSSR count). The Kier molecular flexibility index (Phi) is 3.27. The summed E-state index contributed by atoms with van der Waals surface area (Å²) in [6, 6.07) is 0. The van der Waals surface area contributed by atoms with Crippen molar-refractivity contribution in [1.29, 1.82) is 0 Å². The van der Waals surface area contributed by atoms with Crippen LogP contribution in [0.5, 0.6) is 0 Å². The zero-order chi connectivity index (χ0) is 7.44. The molecule has 0 aromatic rings. The number of allylic oxidation sites excluding steroid dienone is 1. The van der Waals surface area contributed by atoms with Crippen molar-refractivity contribution in [3.8, 4) is 0 Å². The van der Waals surface area contributed by atoms with Gasteiger partial charge in [0.05, 0.1) is 0 Å². The zero-order valence-electron chi connectivity index (χ0n) is 4.23. The Morgan fingerprint density at radius 1 is 1.44 bits per heavy atom. The number of halogens is 2. The molecular weight excluding hydrogens is 165 g/mol. The third-order valence-corrected chi connectivity index (χ3v) is 1.29. The second kappa shape index (κ2) is 3.48. The van der Waals surface area contributed by atoms with E-state index in [4.69, 9.17) is 23.2 Å². The highest BCUT2D eigenvalue weighted by molar-refractivity contribution is 6.52. The molecule has 0 unspecified atom stereocenters. The molecule has 0 aromatic heterocycles. The van der Waals surface area contributed by atoms with Crippen LogP contribution in [0.15, 0.2) is 10.1 Å². The minimum absolute atomic E-state index is 0.245. The van der Waals surface area contributed by atoms with E-state index in [-0.39, 0.29) is 11.3 Å². The average molecular weight is 168 g/mol. The molecule has 0 heterocycles. The molecule has 0 radical (unpaired) electrons. The molecule has 1 amide bonds. The summed E-state index contributed by atoms with van der Waals surface area (Å²) in [7, 11) is 0. The quantitative estimate of drug-likeness (QED) is 0.477. The van der Waals surface area contributed by atoms with E-state index in [0.29, 0.717) is 0 Å². The molecule has 0 spiro atoms. The molecule has 3 nitrogen and oxygen atoms in total. The molecule has 0 bridgehead atoms. The van der Waals surface area contributed by atoms with Crippen LogP contribution in [0, 0.1) is 0 Å². The van der Waals surface area contributed by atoms with Gasteiger partial charge in [0.15, 0.2) is 6.29 Å². The lowest BCUT2D eigenvalue weighted by atomic mass is 10.5. The number of nitrogens with two attached hydrogens (primary N) is 1. The zero-order valence-corrected chi connectivity index (χ0v) is 5.74. The Labute approximate surface area is 61.4 Å². The summed E-state index contributed by atoms with van der Waals surface area (Å²) in [5.74, 6) is -0.909. The summed E-state index contributed by atoms with van der Waals surface area (Å²) in [5, 5.41) is -0.809. The van der Waals surface area contributed by atoms with Gasteiger partial charge in [0.2, 0.25) is 0 Å². The minimum Gasteiger partial charge on any atom is -0.365 e. The topological polar surface area (TPSA) is 60.2 Å². The smallest absolute Gasteiger partial charge is 0.261 e. The molecule has 0 aromatic carbocycles. The Morgan fingerprint density at radius 3 is 2.00 bits per heavy atom. The van der Waals surface area contributed by atoms with Crippen molar-refractivity contribution in [2.75, 3.05) is 0 Å². The van der Waals surface area contributed by atoms with E-state index >= 15 is 0 Å². The maximum Gasteiger partial charge on any atom is 0.261 e. The van der Waals surface area contributed by atoms with Crippen LogP contribution in [-0.4, -0.2) is 12.2 Å². The van der Waals surface area contributed by atoms with Crippen LogP contribution >= 0.6 is 23.2 Å². The summed E-state index contributed by atoms with van der Waals surface area (Å²) < 4.78 is 0. The molecular formula is C4H3Cl2NO2. The summed E-state index contributed by atoms with van der Waals surface area (Å²) in [5.41, 5.74) is 4.64. The van der Waals surface area contributed by atoms with Crippen molar-refractivity contribution in [2.45, 2.75) is 0 Å². The van der Waals surface area contributed by atoms with Crippen molar-refractivity contribution in [1.82, 2.24) is 0 Å². The summed E-state index contributed by atoms with van der Waals surface area (Å²) >= 11 is 10.2. The van der Waals surface area contributed by atoms with E-state index < -0.39 is 10.9 Å². The van der Waals surface area contributed by atoms with Gasteiger partial charge in [0.25, 0.3) is 5.91 Å². The van der Waals surface area contributed by atoms with Crippen LogP contribution in [0.25, 0.3) is 0 Å². The number of hydrogen-bond donors (Lipinski definition) is 1. The van der Waals surface area contributed by atoms with Gasteiger partial charge in [0.1, 0.15) is 10.1 Å². The van der Waals surface area contributed by atoms with Crippen LogP contribution in [0.2, 0.25) is 0 Å². The molecule has 50 valence electrons. The van der Waals surface area contributed by atoms with Gasteiger partial charge in [-0.15, -0.1) is 0 Å². The van der Waals surface area contributed by atoms with E-state index in [1.807, 2.05) is 0 Å². The van der Waals surface area contributed by atoms with E-state index in [9.17, 15) is 9.59 Å². The number of aldehydes is 1. The van der Waals surface area contributed by atoms with Crippen LogP contribution in [-0.2, 0) is 9.59 Å². The summed E-state index contributed by atoms with van der Waals surface area (Å²) in [6.45, 7) is 0. The van der Waals surface area contributed by atoms with Crippen molar-refractivity contribution in [2.24, 2.45) is 5.73 Å². The lowest BCUT2D eigenvalue weighted by Gasteiger charge is -1.88. The van der Waals surface area contributed by atoms with E-state index in [1.54, 1.807) is 0 Å². The summed E-state index contributed by atoms with van der Waals surface area (Å²) in [4.78, 5) is 19.9. The Morgan fingerprint density at radius 2 is 1.89 bits per heavy atom. The van der Waals surface area contributed by atoms with E-state index in [0.717, 1.165) is 0 Å². The highest BCUT2D eigenvalue weighted by Crippen LogP contribution is 2.09. The van der Waals surface area contributed by atoms with Gasteiger partial charge in [-0.05, 0) is 0 Å². The fourth-order valence-electron chi connectivity index (χ4n) is 0.169. The maximum atomic E-state index is 10.1. The van der Waals surface area contributed by atoms with Crippen molar-refractivity contribution >= 4 is 35.4 Å². The molecule has 9 heavy (non-hydrogen) atoms. The fourth-order valence-corrected chi connectivity index (χ4v) is 0.307. The van der Waals surface area contributed by atoms with Crippen molar-refractivity contribution in [3.05, 3.63) is 10.1 Å². The first kappa shape index (κ1) is 8.46. The first-order valence-corrected chi connectivity index (χ1v) is 2.65. The van der Waals surface area contributed by atoms with Gasteiger partial charge in [-0.2, -0.15) is 0 Å². The van der Waals surface area contributed by atoms with Gasteiger partial charge in [-0.3, -0.25) is 9.59 Å². The van der Waals surface area contributed by atoms with Gasteiger partial charge in [-0.1, -0.05) is 23.2 Å². The van der Waals surface area contributed by atoms with Crippen LogP contribution in [0.4, 0.5) is 0 Å². The lowest BCUT2D eigenvalue weighted by molar-refractivity contribution is -0.114. The molecule has 0 aliphatic carbocycles. The standard InChI is InChI=1S/C4H3Cl2NO2/c5-2(1-8)3(6)4(7)9/h1H,(H2,7,9)/b3-2-. The first-order chi connectivity index (χ1) is 4.09. The average Bonchev–Trinajstić information content (AvgIpc) is 1.84. The second-order valence-electron chi connectivity index (χ2n) is 1.14. The summed E-state index contributed by atoms with van der Waals surface area (Å²) in [6.07, 6.45) is 0.245. The highest BCUT2D eigenvalue weighted by Gasteiger charge is 2.05. The molecule has 5 heteroatoms. The molecule has 0 saturated carbocycles. The Balaban J connectivity index is 4.47. The first-order valence-electron chi connectivity index (χ1n) is 1.90. The molecule has 0 aliphatic heterocycles. The molecule has 0 aliphatic rings. The van der Waals surface area contributed by atoms with Gasteiger partial charge in [0, 0.05) is 0 Å². The SMILES string of the molecule is NC(=O)/C(Cl)=C(/Cl)C=O. The van der Waals surface area contributed by atoms with Gasteiger partial charge < -0.3 is 5.73 Å². The molecule has 2 N–H and O–H groups in total. The van der Waals surface area contributed by atoms with Crippen molar-refractivity contribution in [3.63, 3.8) is 0 Å². The van der Waals surface area contributed by atoms with Crippen LogP contribution < -0.4 is 5.73 Å². The second-order valence-corrected chi connectivity index (χ2v) is 1.93. The number of primary amides is 1. The third-order valence-electron chi connectivity index (χ3n) is 0.529. The largest absolute Gasteiger partial charge is 0.365 e. The number of amides is 1. The van der Waals surface area contributed by atoms with Crippen LogP contribution in [0.1, 0.15) is 0 Å². The molecule has 0 atom stereocenters. The Hall–Kier alpha value is -0.540. The number of carbonyl (C=O) groups excluding carboxylic acids is 2. The van der Waals surface area contributed by atoms with Gasteiger partial charge >= 0.3 is 0 Å². The van der Waals surface area contributed by atoms with Crippen LogP contribution in [0.3, 0.4) is 0 Å². The number of rotatable bonds is 2. The predicted molar refractivity (Wildman–Crippen MR) is 34.0 cm³/mol. The Bertz CT molecular complexity index is 175. The molecule has 0 fully saturated rings. The number of carbonyl (C=O) groups is 2. The van der Waals surface area contributed by atoms with E-state index in [2.05, 4.69) is 5.73 Å². The maximum absolute atomic E-state index is 10.1. The number of hydrogen-bond acceptors (Lipinski definition) is 2. The fraction of sp³-hybridized carbons (Fsp3) is 0. The monoisotopic (exact) mass is 167 g/mol. The van der Waals surface area contributed by atoms with Gasteiger partial charge in [-0.25, -0.2) is 0 Å². The minimum atomic E-state index is -0.909. The normalized spacial score (nSPS) is 12.2. The van der Waals surface area contributed by atoms with E-state index in [1.165, 1.54) is 0 Å². The lowest BCUT2D eigenvalue weighted by Crippen LogP contribution is -2.11. The van der Waals surface area contributed by atoms with Crippen molar-refractivity contribution < 1.29 is 9.59 Å².